The molecule has 0 amide bonds. The maximum Gasteiger partial charge on any atom is 0.155 e. The molecule has 0 N–H and O–H groups in total. The molecule has 110 valence electrons. The van der Waals surface area contributed by atoms with Crippen LogP contribution in [-0.4, -0.2) is 25.7 Å². The first kappa shape index (κ1) is 14.4. The van der Waals surface area contributed by atoms with E-state index in [4.69, 9.17) is 16.3 Å². The van der Waals surface area contributed by atoms with Gasteiger partial charge in [0.05, 0.1) is 20.7 Å². The Labute approximate surface area is 130 Å². The Balaban J connectivity index is 2.07. The standard InChI is InChI=1S/C17H20ClN2O/c1-20(15-7-3-9-16(21-2)17(15)18)11-5-8-14(20)13-6-4-10-19-12-13/h3-4,6-7,9-10,12,14H,5,8,11H2,1-2H3/q+1. The van der Waals surface area contributed by atoms with Crippen LogP contribution in [-0.2, 0) is 0 Å². The summed E-state index contributed by atoms with van der Waals surface area (Å²) in [5.41, 5.74) is 2.40. The van der Waals surface area contributed by atoms with Crippen LogP contribution in [0.3, 0.4) is 0 Å². The normalized spacial score (nSPS) is 25.0. The van der Waals surface area contributed by atoms with E-state index in [-0.39, 0.29) is 0 Å². The Morgan fingerprint density at radius 1 is 1.29 bits per heavy atom. The molecule has 1 aromatic carbocycles. The summed E-state index contributed by atoms with van der Waals surface area (Å²) < 4.78 is 6.18. The number of hydrogen-bond donors (Lipinski definition) is 0. The molecule has 0 spiro atoms. The first-order valence-corrected chi connectivity index (χ1v) is 7.63. The molecule has 0 aliphatic carbocycles. The zero-order valence-electron chi connectivity index (χ0n) is 12.4. The van der Waals surface area contributed by atoms with Crippen LogP contribution in [0, 0.1) is 0 Å². The molecule has 21 heavy (non-hydrogen) atoms. The molecule has 1 fully saturated rings. The molecule has 2 aromatic rings. The summed E-state index contributed by atoms with van der Waals surface area (Å²) in [7, 11) is 3.92. The molecular formula is C17H20ClN2O+. The minimum absolute atomic E-state index is 0.392. The Bertz CT molecular complexity index is 632. The van der Waals surface area contributed by atoms with Gasteiger partial charge in [0.15, 0.2) is 5.69 Å². The monoisotopic (exact) mass is 303 g/mol. The predicted molar refractivity (Wildman–Crippen MR) is 86.8 cm³/mol. The quantitative estimate of drug-likeness (QED) is 0.792. The highest BCUT2D eigenvalue weighted by atomic mass is 35.5. The number of hydrogen-bond acceptors (Lipinski definition) is 2. The zero-order valence-corrected chi connectivity index (χ0v) is 13.2. The van der Waals surface area contributed by atoms with Crippen molar-refractivity contribution in [3.63, 3.8) is 0 Å². The van der Waals surface area contributed by atoms with Gasteiger partial charge in [0.2, 0.25) is 0 Å². The van der Waals surface area contributed by atoms with Crippen LogP contribution in [0.25, 0.3) is 0 Å². The van der Waals surface area contributed by atoms with Crippen molar-refractivity contribution in [2.24, 2.45) is 0 Å². The van der Waals surface area contributed by atoms with Gasteiger partial charge >= 0.3 is 0 Å². The van der Waals surface area contributed by atoms with Crippen molar-refractivity contribution < 1.29 is 4.74 Å². The van der Waals surface area contributed by atoms with E-state index in [2.05, 4.69) is 24.2 Å². The number of nitrogens with zero attached hydrogens (tertiary/aromatic N) is 2. The van der Waals surface area contributed by atoms with Gasteiger partial charge in [-0.05, 0) is 12.1 Å². The lowest BCUT2D eigenvalue weighted by molar-refractivity contribution is 0.310. The number of likely N-dealkylation sites (tertiary alicyclic amines) is 1. The lowest BCUT2D eigenvalue weighted by Crippen LogP contribution is -2.44. The van der Waals surface area contributed by atoms with E-state index >= 15 is 0 Å². The van der Waals surface area contributed by atoms with Crippen molar-refractivity contribution >= 4 is 17.3 Å². The summed E-state index contributed by atoms with van der Waals surface area (Å²) in [5.74, 6) is 0.741. The highest BCUT2D eigenvalue weighted by Gasteiger charge is 2.42. The molecule has 3 rings (SSSR count). The van der Waals surface area contributed by atoms with Crippen molar-refractivity contribution in [2.45, 2.75) is 18.9 Å². The van der Waals surface area contributed by atoms with Crippen molar-refractivity contribution in [2.75, 3.05) is 20.7 Å². The van der Waals surface area contributed by atoms with Crippen LogP contribution in [0.5, 0.6) is 5.75 Å². The van der Waals surface area contributed by atoms with Crippen molar-refractivity contribution in [3.05, 3.63) is 53.3 Å². The molecule has 1 saturated heterocycles. The van der Waals surface area contributed by atoms with E-state index in [1.807, 2.05) is 30.6 Å². The van der Waals surface area contributed by atoms with Crippen LogP contribution in [0.15, 0.2) is 42.7 Å². The largest absolute Gasteiger partial charge is 0.495 e. The number of pyridine rings is 1. The first-order valence-electron chi connectivity index (χ1n) is 7.25. The van der Waals surface area contributed by atoms with E-state index < -0.39 is 0 Å². The third kappa shape index (κ3) is 2.41. The summed E-state index contributed by atoms with van der Waals surface area (Å²) in [4.78, 5) is 4.28. The molecule has 4 heteroatoms. The van der Waals surface area contributed by atoms with Gasteiger partial charge in [-0.1, -0.05) is 23.7 Å². The number of rotatable bonds is 3. The van der Waals surface area contributed by atoms with E-state index in [1.54, 1.807) is 7.11 Å². The second-order valence-electron chi connectivity index (χ2n) is 5.73. The fraction of sp³-hybridized carbons (Fsp3) is 0.353. The van der Waals surface area contributed by atoms with E-state index in [0.29, 0.717) is 6.04 Å². The molecule has 0 saturated carbocycles. The van der Waals surface area contributed by atoms with Crippen LogP contribution >= 0.6 is 11.6 Å². The topological polar surface area (TPSA) is 22.1 Å². The number of methoxy groups -OCH3 is 1. The maximum absolute atomic E-state index is 6.58. The van der Waals surface area contributed by atoms with E-state index in [9.17, 15) is 0 Å². The van der Waals surface area contributed by atoms with Gasteiger partial charge in [-0.3, -0.25) is 9.47 Å². The number of benzene rings is 1. The summed E-state index contributed by atoms with van der Waals surface area (Å²) in [6.07, 6.45) is 6.13. The number of halogens is 1. The van der Waals surface area contributed by atoms with Crippen LogP contribution in [0.2, 0.25) is 5.02 Å². The molecule has 1 aliphatic heterocycles. The second kappa shape index (κ2) is 5.66. The zero-order chi connectivity index (χ0) is 14.9. The van der Waals surface area contributed by atoms with E-state index in [0.717, 1.165) is 33.9 Å². The van der Waals surface area contributed by atoms with Gasteiger partial charge in [-0.25, -0.2) is 0 Å². The minimum atomic E-state index is 0.392. The second-order valence-corrected chi connectivity index (χ2v) is 6.11. The van der Waals surface area contributed by atoms with Gasteiger partial charge in [-0.15, -0.1) is 0 Å². The van der Waals surface area contributed by atoms with Gasteiger partial charge in [0.1, 0.15) is 16.8 Å². The number of aromatic nitrogens is 1. The lowest BCUT2D eigenvalue weighted by Gasteiger charge is -2.36. The molecule has 2 atom stereocenters. The van der Waals surface area contributed by atoms with Crippen LogP contribution in [0.1, 0.15) is 24.4 Å². The van der Waals surface area contributed by atoms with Gasteiger partial charge in [0.25, 0.3) is 0 Å². The molecular weight excluding hydrogens is 284 g/mol. The van der Waals surface area contributed by atoms with E-state index in [1.165, 1.54) is 12.0 Å². The van der Waals surface area contributed by atoms with Crippen LogP contribution in [0.4, 0.5) is 5.69 Å². The Morgan fingerprint density at radius 3 is 2.86 bits per heavy atom. The molecule has 0 radical (unpaired) electrons. The summed E-state index contributed by atoms with van der Waals surface area (Å²) in [6.45, 7) is 1.08. The SMILES string of the molecule is COc1cccc([N+]2(C)CCCC2c2cccnc2)c1Cl. The minimum Gasteiger partial charge on any atom is -0.495 e. The fourth-order valence-corrected chi connectivity index (χ4v) is 3.86. The first-order chi connectivity index (χ1) is 10.2. The Morgan fingerprint density at radius 2 is 2.14 bits per heavy atom. The number of quaternary nitrogens is 1. The van der Waals surface area contributed by atoms with Gasteiger partial charge < -0.3 is 4.74 Å². The highest BCUT2D eigenvalue weighted by molar-refractivity contribution is 6.34. The molecule has 2 heterocycles. The molecule has 1 aromatic heterocycles. The average Bonchev–Trinajstić information content (AvgIpc) is 2.91. The lowest BCUT2D eigenvalue weighted by atomic mass is 10.0. The Hall–Kier alpha value is -1.58. The summed E-state index contributed by atoms with van der Waals surface area (Å²) in [6, 6.07) is 10.6. The van der Waals surface area contributed by atoms with Crippen LogP contribution < -0.4 is 9.22 Å². The summed E-state index contributed by atoms with van der Waals surface area (Å²) in [5, 5.41) is 0.721. The Kier molecular flexibility index (Phi) is 3.87. The molecule has 2 unspecified atom stereocenters. The van der Waals surface area contributed by atoms with Crippen molar-refractivity contribution in [3.8, 4) is 5.75 Å². The third-order valence-corrected chi connectivity index (χ3v) is 4.95. The average molecular weight is 304 g/mol. The van der Waals surface area contributed by atoms with Gasteiger partial charge in [0, 0.05) is 36.9 Å². The van der Waals surface area contributed by atoms with Crippen molar-refractivity contribution in [1.29, 1.82) is 0 Å². The van der Waals surface area contributed by atoms with Crippen molar-refractivity contribution in [1.82, 2.24) is 9.47 Å². The smallest absolute Gasteiger partial charge is 0.155 e. The summed E-state index contributed by atoms with van der Waals surface area (Å²) >= 11 is 6.58. The van der Waals surface area contributed by atoms with Gasteiger partial charge in [-0.2, -0.15) is 0 Å². The predicted octanol–water partition coefficient (Wildman–Crippen LogP) is 4.22. The highest BCUT2D eigenvalue weighted by Crippen LogP contribution is 2.46. The molecule has 1 aliphatic rings. The fourth-order valence-electron chi connectivity index (χ4n) is 3.46. The molecule has 0 bridgehead atoms. The maximum atomic E-state index is 6.58. The third-order valence-electron chi connectivity index (χ3n) is 4.57. The molecule has 3 nitrogen and oxygen atoms in total. The number of ether oxygens (including phenoxy) is 1.